The molecule has 0 amide bonds. The predicted molar refractivity (Wildman–Crippen MR) is 110 cm³/mol. The second-order valence-electron chi connectivity index (χ2n) is 7.43. The minimum atomic E-state index is -3.79. The number of esters is 1. The van der Waals surface area contributed by atoms with Crippen molar-refractivity contribution in [1.29, 1.82) is 0 Å². The van der Waals surface area contributed by atoms with Crippen LogP contribution in [0.2, 0.25) is 0 Å². The summed E-state index contributed by atoms with van der Waals surface area (Å²) < 4.78 is 36.1. The number of ether oxygens (including phenoxy) is 2. The number of carbonyl (C=O) groups excluding carboxylic acids is 1. The number of rotatable bonds is 9. The third kappa shape index (κ3) is 5.00. The second-order valence-corrected chi connectivity index (χ2v) is 9.74. The van der Waals surface area contributed by atoms with E-state index in [0.717, 1.165) is 5.57 Å². The van der Waals surface area contributed by atoms with Gasteiger partial charge in [-0.25, -0.2) is 4.79 Å². The van der Waals surface area contributed by atoms with Crippen molar-refractivity contribution in [3.8, 4) is 0 Å². The van der Waals surface area contributed by atoms with Gasteiger partial charge in [-0.15, -0.1) is 0 Å². The van der Waals surface area contributed by atoms with Crippen molar-refractivity contribution in [1.82, 2.24) is 0 Å². The highest BCUT2D eigenvalue weighted by Gasteiger charge is 2.58. The molecule has 0 aromatic rings. The van der Waals surface area contributed by atoms with Crippen LogP contribution in [0.1, 0.15) is 48.5 Å². The monoisotopic (exact) mass is 420 g/mol. The lowest BCUT2D eigenvalue weighted by Crippen LogP contribution is -2.45. The summed E-state index contributed by atoms with van der Waals surface area (Å²) in [7, 11) is -3.79. The van der Waals surface area contributed by atoms with Crippen LogP contribution in [0.3, 0.4) is 0 Å². The standard InChI is InChI=1S/C19H33O6PS/c1-8-22-16(20)11-15(26(21,24-9-2)25-10-3)19(13-27)14(4)12-23-17(19)18(5,6)7/h11-12,17,27H,8-10,13H2,1-7H3. The molecule has 0 saturated carbocycles. The van der Waals surface area contributed by atoms with Gasteiger partial charge in [0.15, 0.2) is 0 Å². The van der Waals surface area contributed by atoms with Gasteiger partial charge >= 0.3 is 13.6 Å². The number of hydrogen-bond acceptors (Lipinski definition) is 7. The predicted octanol–water partition coefficient (Wildman–Crippen LogP) is 4.96. The lowest BCUT2D eigenvalue weighted by molar-refractivity contribution is -0.137. The van der Waals surface area contributed by atoms with E-state index in [1.54, 1.807) is 27.0 Å². The Labute approximate surface area is 168 Å². The fourth-order valence-electron chi connectivity index (χ4n) is 3.43. The molecule has 1 rings (SSSR count). The molecule has 0 aliphatic carbocycles. The molecule has 1 aliphatic heterocycles. The van der Waals surface area contributed by atoms with Crippen LogP contribution in [0.15, 0.2) is 23.2 Å². The Morgan fingerprint density at radius 3 is 2.22 bits per heavy atom. The average molecular weight is 421 g/mol. The normalized spacial score (nSPS) is 23.8. The third-order valence-corrected chi connectivity index (χ3v) is 7.27. The van der Waals surface area contributed by atoms with E-state index in [2.05, 4.69) is 12.6 Å². The van der Waals surface area contributed by atoms with Crippen LogP contribution < -0.4 is 0 Å². The first kappa shape index (κ1) is 24.3. The molecule has 6 nitrogen and oxygen atoms in total. The summed E-state index contributed by atoms with van der Waals surface area (Å²) >= 11 is 4.59. The molecule has 0 aromatic carbocycles. The van der Waals surface area contributed by atoms with Crippen molar-refractivity contribution in [2.75, 3.05) is 25.6 Å². The van der Waals surface area contributed by atoms with Crippen LogP contribution in [-0.4, -0.2) is 37.6 Å². The highest BCUT2D eigenvalue weighted by atomic mass is 32.1. The van der Waals surface area contributed by atoms with Crippen LogP contribution in [-0.2, 0) is 27.9 Å². The van der Waals surface area contributed by atoms with Crippen molar-refractivity contribution in [3.63, 3.8) is 0 Å². The fourth-order valence-corrected chi connectivity index (χ4v) is 6.30. The zero-order valence-corrected chi connectivity index (χ0v) is 19.2. The lowest BCUT2D eigenvalue weighted by Gasteiger charge is -2.44. The van der Waals surface area contributed by atoms with Gasteiger partial charge in [0, 0.05) is 17.2 Å². The molecule has 1 heterocycles. The molecule has 2 atom stereocenters. The Bertz CT molecular complexity index is 627. The van der Waals surface area contributed by atoms with Gasteiger partial charge in [0.05, 0.1) is 36.8 Å². The zero-order chi connectivity index (χ0) is 20.9. The topological polar surface area (TPSA) is 71.1 Å². The molecule has 0 bridgehead atoms. The van der Waals surface area contributed by atoms with Crippen LogP contribution in [0.5, 0.6) is 0 Å². The first-order valence-corrected chi connectivity index (χ1v) is 11.4. The van der Waals surface area contributed by atoms with Gasteiger partial charge in [-0.05, 0) is 33.3 Å². The van der Waals surface area contributed by atoms with E-state index in [-0.39, 0.29) is 36.3 Å². The van der Waals surface area contributed by atoms with Gasteiger partial charge in [-0.2, -0.15) is 12.6 Å². The van der Waals surface area contributed by atoms with Crippen LogP contribution in [0.25, 0.3) is 0 Å². The second kappa shape index (κ2) is 9.64. The summed E-state index contributed by atoms with van der Waals surface area (Å²) in [6.07, 6.45) is 2.49. The summed E-state index contributed by atoms with van der Waals surface area (Å²) in [4.78, 5) is 12.4. The number of hydrogen-bond donors (Lipinski definition) is 1. The van der Waals surface area contributed by atoms with E-state index in [1.807, 2.05) is 27.7 Å². The maximum absolute atomic E-state index is 13.8. The average Bonchev–Trinajstić information content (AvgIpc) is 2.90. The molecule has 0 saturated heterocycles. The lowest BCUT2D eigenvalue weighted by atomic mass is 9.69. The van der Waals surface area contributed by atoms with Crippen LogP contribution in [0, 0.1) is 10.8 Å². The minimum absolute atomic E-state index is 0.171. The Morgan fingerprint density at radius 1 is 1.26 bits per heavy atom. The van der Waals surface area contributed by atoms with E-state index >= 15 is 0 Å². The molecular formula is C19H33O6PS. The number of carbonyl (C=O) groups is 1. The van der Waals surface area contributed by atoms with E-state index in [9.17, 15) is 9.36 Å². The van der Waals surface area contributed by atoms with Gasteiger partial charge in [-0.1, -0.05) is 20.8 Å². The van der Waals surface area contributed by atoms with Crippen molar-refractivity contribution < 1.29 is 27.9 Å². The van der Waals surface area contributed by atoms with E-state index in [4.69, 9.17) is 18.5 Å². The van der Waals surface area contributed by atoms with E-state index < -0.39 is 25.1 Å². The van der Waals surface area contributed by atoms with Crippen molar-refractivity contribution in [3.05, 3.63) is 23.2 Å². The van der Waals surface area contributed by atoms with Gasteiger partial charge in [0.25, 0.3) is 0 Å². The quantitative estimate of drug-likeness (QED) is 0.246. The molecule has 1 aliphatic rings. The first-order chi connectivity index (χ1) is 12.5. The van der Waals surface area contributed by atoms with E-state index in [0.29, 0.717) is 0 Å². The summed E-state index contributed by atoms with van der Waals surface area (Å²) in [6.45, 7) is 13.7. The van der Waals surface area contributed by atoms with Crippen molar-refractivity contribution in [2.45, 2.75) is 54.6 Å². The SMILES string of the molecule is CCOC(=O)C=C(C1(CS)C(C)=COC1C(C)(C)C)P(=O)(OCC)OCC. The Hall–Kier alpha value is -0.750. The molecule has 0 spiro atoms. The maximum atomic E-state index is 13.8. The van der Waals surface area contributed by atoms with Crippen molar-refractivity contribution >= 4 is 26.2 Å². The van der Waals surface area contributed by atoms with Gasteiger partial charge in [0.1, 0.15) is 6.10 Å². The van der Waals surface area contributed by atoms with Gasteiger partial charge in [0.2, 0.25) is 0 Å². The minimum Gasteiger partial charge on any atom is -0.496 e. The fraction of sp³-hybridized carbons (Fsp3) is 0.737. The van der Waals surface area contributed by atoms with Crippen LogP contribution >= 0.6 is 20.2 Å². The highest BCUT2D eigenvalue weighted by Crippen LogP contribution is 2.67. The highest BCUT2D eigenvalue weighted by molar-refractivity contribution is 7.80. The van der Waals surface area contributed by atoms with E-state index in [1.165, 1.54) is 6.08 Å². The smallest absolute Gasteiger partial charge is 0.358 e. The molecule has 0 fully saturated rings. The summed E-state index contributed by atoms with van der Waals surface area (Å²) in [5.74, 6) is -0.326. The molecular weight excluding hydrogens is 387 g/mol. The zero-order valence-electron chi connectivity index (χ0n) is 17.4. The molecule has 0 aromatic heterocycles. The Balaban J connectivity index is 3.76. The molecule has 156 valence electrons. The third-order valence-electron chi connectivity index (χ3n) is 4.46. The molecule has 8 heteroatoms. The molecule has 27 heavy (non-hydrogen) atoms. The molecule has 0 N–H and O–H groups in total. The molecule has 2 unspecified atom stereocenters. The summed E-state index contributed by atoms with van der Waals surface area (Å²) in [5, 5.41) is 0.235. The Kier molecular flexibility index (Phi) is 8.67. The summed E-state index contributed by atoms with van der Waals surface area (Å²) in [5.41, 5.74) is -0.435. The number of thiol groups is 1. The van der Waals surface area contributed by atoms with Gasteiger partial charge in [-0.3, -0.25) is 4.57 Å². The van der Waals surface area contributed by atoms with Gasteiger partial charge < -0.3 is 18.5 Å². The maximum Gasteiger partial charge on any atom is 0.358 e. The van der Waals surface area contributed by atoms with Crippen LogP contribution in [0.4, 0.5) is 0 Å². The van der Waals surface area contributed by atoms with Crippen molar-refractivity contribution in [2.24, 2.45) is 10.8 Å². The summed E-state index contributed by atoms with van der Waals surface area (Å²) in [6, 6.07) is 0. The molecule has 0 radical (unpaired) electrons. The first-order valence-electron chi connectivity index (χ1n) is 9.25. The largest absolute Gasteiger partial charge is 0.496 e. The Morgan fingerprint density at radius 2 is 1.81 bits per heavy atom.